The fraction of sp³-hybridized carbons (Fsp3) is 0.500. The average Bonchev–Trinajstić information content (AvgIpc) is 3.59. The minimum atomic E-state index is 0.473. The summed E-state index contributed by atoms with van der Waals surface area (Å²) >= 11 is 6.40. The van der Waals surface area contributed by atoms with Crippen molar-refractivity contribution in [3.8, 4) is 0 Å². The molecule has 0 amide bonds. The third-order valence-corrected chi connectivity index (χ3v) is 7.37. The number of nitrogens with one attached hydrogen (secondary N) is 2. The van der Waals surface area contributed by atoms with E-state index in [9.17, 15) is 0 Å². The Balaban J connectivity index is 1.37. The summed E-state index contributed by atoms with van der Waals surface area (Å²) in [6, 6.07) is 6.92. The van der Waals surface area contributed by atoms with E-state index in [1.807, 2.05) is 20.2 Å². The summed E-state index contributed by atoms with van der Waals surface area (Å²) in [5.74, 6) is 2.64. The number of halogens is 1. The number of aromatic nitrogens is 4. The quantitative estimate of drug-likeness (QED) is 0.424. The second kappa shape index (κ2) is 9.92. The molecule has 0 atom stereocenters. The molecule has 1 aromatic carbocycles. The average molecular weight is 480 g/mol. The SMILES string of the molecule is Cc1nn(C)cc1Nc1nc(Nc2ccc(C3CCN(C)CC3)cc2CCC2CC2)ncc1Cl. The number of nitrogens with zero attached hydrogens (tertiary/aromatic N) is 5. The molecule has 2 aromatic heterocycles. The Morgan fingerprint density at radius 1 is 1.06 bits per heavy atom. The zero-order valence-electron chi connectivity index (χ0n) is 20.3. The van der Waals surface area contributed by atoms with Gasteiger partial charge in [-0.3, -0.25) is 4.68 Å². The normalized spacial score (nSPS) is 17.2. The number of hydrogen-bond acceptors (Lipinski definition) is 6. The molecule has 7 nitrogen and oxygen atoms in total. The molecule has 1 aliphatic heterocycles. The van der Waals surface area contributed by atoms with Crippen molar-refractivity contribution in [3.05, 3.63) is 52.4 Å². The molecule has 180 valence electrons. The van der Waals surface area contributed by atoms with Gasteiger partial charge in [-0.05, 0) is 81.8 Å². The van der Waals surface area contributed by atoms with Crippen LogP contribution >= 0.6 is 11.6 Å². The first-order valence-corrected chi connectivity index (χ1v) is 12.7. The van der Waals surface area contributed by atoms with Gasteiger partial charge < -0.3 is 15.5 Å². The van der Waals surface area contributed by atoms with Crippen molar-refractivity contribution >= 4 is 34.7 Å². The Kier molecular flexibility index (Phi) is 6.75. The van der Waals surface area contributed by atoms with E-state index in [0.29, 0.717) is 22.7 Å². The van der Waals surface area contributed by atoms with Crippen LogP contribution in [0.3, 0.4) is 0 Å². The molecule has 2 N–H and O–H groups in total. The van der Waals surface area contributed by atoms with Crippen molar-refractivity contribution in [2.45, 2.75) is 51.4 Å². The zero-order valence-corrected chi connectivity index (χ0v) is 21.1. The summed E-state index contributed by atoms with van der Waals surface area (Å²) in [5, 5.41) is 11.6. The molecule has 0 unspecified atom stereocenters. The molecule has 0 radical (unpaired) electrons. The Bertz CT molecular complexity index is 1150. The van der Waals surface area contributed by atoms with Crippen molar-refractivity contribution in [1.82, 2.24) is 24.6 Å². The second-order valence-electron chi connectivity index (χ2n) is 9.92. The van der Waals surface area contributed by atoms with Gasteiger partial charge in [-0.1, -0.05) is 36.6 Å². The number of likely N-dealkylation sites (tertiary alicyclic amines) is 1. The lowest BCUT2D eigenvalue weighted by molar-refractivity contribution is 0.255. The van der Waals surface area contributed by atoms with Gasteiger partial charge in [-0.25, -0.2) is 4.98 Å². The highest BCUT2D eigenvalue weighted by Crippen LogP contribution is 2.36. The molecule has 34 heavy (non-hydrogen) atoms. The van der Waals surface area contributed by atoms with Crippen LogP contribution in [0.15, 0.2) is 30.6 Å². The molecular formula is C26H34ClN7. The zero-order chi connectivity index (χ0) is 23.7. The molecule has 0 spiro atoms. The third-order valence-electron chi connectivity index (χ3n) is 7.10. The van der Waals surface area contributed by atoms with Crippen LogP contribution in [0, 0.1) is 12.8 Å². The van der Waals surface area contributed by atoms with Gasteiger partial charge in [0.15, 0.2) is 5.82 Å². The highest BCUT2D eigenvalue weighted by atomic mass is 35.5. The minimum Gasteiger partial charge on any atom is -0.336 e. The Morgan fingerprint density at radius 3 is 2.56 bits per heavy atom. The summed E-state index contributed by atoms with van der Waals surface area (Å²) in [6.07, 6.45) is 11.1. The van der Waals surface area contributed by atoms with E-state index >= 15 is 0 Å². The van der Waals surface area contributed by atoms with Crippen LogP contribution in [0.25, 0.3) is 0 Å². The van der Waals surface area contributed by atoms with Crippen LogP contribution in [0.5, 0.6) is 0 Å². The first kappa shape index (κ1) is 23.1. The molecular weight excluding hydrogens is 446 g/mol. The van der Waals surface area contributed by atoms with Gasteiger partial charge in [0.1, 0.15) is 5.02 Å². The van der Waals surface area contributed by atoms with E-state index in [0.717, 1.165) is 29.4 Å². The maximum absolute atomic E-state index is 6.40. The van der Waals surface area contributed by atoms with Gasteiger partial charge >= 0.3 is 0 Å². The number of rotatable bonds is 8. The fourth-order valence-electron chi connectivity index (χ4n) is 4.79. The van der Waals surface area contributed by atoms with Crippen molar-refractivity contribution in [2.24, 2.45) is 13.0 Å². The fourth-order valence-corrected chi connectivity index (χ4v) is 4.93. The number of hydrogen-bond donors (Lipinski definition) is 2. The number of anilines is 4. The number of benzene rings is 1. The lowest BCUT2D eigenvalue weighted by Gasteiger charge is -2.29. The minimum absolute atomic E-state index is 0.473. The Hall–Kier alpha value is -2.64. The molecule has 3 aromatic rings. The van der Waals surface area contributed by atoms with E-state index in [4.69, 9.17) is 11.6 Å². The highest BCUT2D eigenvalue weighted by Gasteiger charge is 2.23. The van der Waals surface area contributed by atoms with Crippen LogP contribution in [0.2, 0.25) is 5.02 Å². The van der Waals surface area contributed by atoms with E-state index < -0.39 is 0 Å². The van der Waals surface area contributed by atoms with Crippen LogP contribution < -0.4 is 10.6 Å². The maximum atomic E-state index is 6.40. The molecule has 3 heterocycles. The molecule has 0 bridgehead atoms. The first-order valence-electron chi connectivity index (χ1n) is 12.3. The van der Waals surface area contributed by atoms with Gasteiger partial charge in [0.25, 0.3) is 0 Å². The topological polar surface area (TPSA) is 70.9 Å². The van der Waals surface area contributed by atoms with Gasteiger partial charge in [0.05, 0.1) is 17.6 Å². The number of piperidine rings is 1. The molecule has 1 saturated carbocycles. The lowest BCUT2D eigenvalue weighted by atomic mass is 9.87. The predicted octanol–water partition coefficient (Wildman–Crippen LogP) is 5.81. The molecule has 2 aliphatic rings. The van der Waals surface area contributed by atoms with Gasteiger partial charge in [0, 0.05) is 18.9 Å². The van der Waals surface area contributed by atoms with Crippen molar-refractivity contribution in [3.63, 3.8) is 0 Å². The van der Waals surface area contributed by atoms with Crippen molar-refractivity contribution < 1.29 is 0 Å². The summed E-state index contributed by atoms with van der Waals surface area (Å²) in [7, 11) is 4.11. The highest BCUT2D eigenvalue weighted by molar-refractivity contribution is 6.32. The molecule has 1 aliphatic carbocycles. The van der Waals surface area contributed by atoms with Crippen LogP contribution in [-0.2, 0) is 13.5 Å². The van der Waals surface area contributed by atoms with Crippen molar-refractivity contribution in [1.29, 1.82) is 0 Å². The van der Waals surface area contributed by atoms with Crippen molar-refractivity contribution in [2.75, 3.05) is 30.8 Å². The van der Waals surface area contributed by atoms with Gasteiger partial charge in [-0.2, -0.15) is 10.1 Å². The Labute approximate surface area is 206 Å². The monoisotopic (exact) mass is 479 g/mol. The Morgan fingerprint density at radius 2 is 1.85 bits per heavy atom. The number of aryl methyl sites for hydroxylation is 3. The van der Waals surface area contributed by atoms with E-state index in [-0.39, 0.29) is 0 Å². The van der Waals surface area contributed by atoms with Crippen LogP contribution in [0.4, 0.5) is 23.1 Å². The standard InChI is InChI=1S/C26H34ClN7/c1-17-24(16-34(3)32-17)29-25-22(27)15-28-26(31-25)30-23-9-8-20(19-10-12-33(2)13-11-19)14-21(23)7-6-18-4-5-18/h8-9,14-16,18-19H,4-7,10-13H2,1-3H3,(H2,28,29,30,31). The smallest absolute Gasteiger partial charge is 0.229 e. The van der Waals surface area contributed by atoms with E-state index in [2.05, 4.69) is 55.8 Å². The summed E-state index contributed by atoms with van der Waals surface area (Å²) in [4.78, 5) is 11.6. The predicted molar refractivity (Wildman–Crippen MR) is 139 cm³/mol. The molecule has 8 heteroatoms. The first-order chi connectivity index (χ1) is 16.4. The van der Waals surface area contributed by atoms with Gasteiger partial charge in [-0.15, -0.1) is 0 Å². The van der Waals surface area contributed by atoms with E-state index in [1.54, 1.807) is 10.9 Å². The summed E-state index contributed by atoms with van der Waals surface area (Å²) in [5.41, 5.74) is 5.68. The molecule has 2 fully saturated rings. The van der Waals surface area contributed by atoms with Crippen LogP contribution in [0.1, 0.15) is 54.8 Å². The third kappa shape index (κ3) is 5.53. The molecule has 1 saturated heterocycles. The summed E-state index contributed by atoms with van der Waals surface area (Å²) < 4.78 is 1.77. The van der Waals surface area contributed by atoms with Crippen LogP contribution in [-0.4, -0.2) is 44.8 Å². The summed E-state index contributed by atoms with van der Waals surface area (Å²) in [6.45, 7) is 4.30. The molecule has 5 rings (SSSR count). The second-order valence-corrected chi connectivity index (χ2v) is 10.3. The van der Waals surface area contributed by atoms with Gasteiger partial charge in [0.2, 0.25) is 5.95 Å². The lowest BCUT2D eigenvalue weighted by Crippen LogP contribution is -2.29. The van der Waals surface area contributed by atoms with E-state index in [1.165, 1.54) is 56.3 Å². The largest absolute Gasteiger partial charge is 0.336 e. The maximum Gasteiger partial charge on any atom is 0.229 e.